The number of hydrogen-bond donors (Lipinski definition) is 2. The molecule has 2 N–H and O–H groups in total. The number of aliphatic hydroxyl groups is 1. The predicted molar refractivity (Wildman–Crippen MR) is 133 cm³/mol. The molecule has 1 amide bonds. The number of carbonyl (C=O) groups is 2. The minimum atomic E-state index is -0.851. The standard InChI is InChI=1S/C27H24BrNO5/c1-16-8-10-18(11-9-16)24(30)22-23(19-14-20(28)25(31)21(15-19)34-2)29(27(33)26(22)32)13-12-17-6-4-3-5-7-17/h3-11,14-15,23,30-31H,12-13H2,1-2H3/b24-22+. The number of likely N-dealkylation sites (tertiary alicyclic amines) is 1. The lowest BCUT2D eigenvalue weighted by Gasteiger charge is -2.26. The van der Waals surface area contributed by atoms with Crippen LogP contribution in [-0.2, 0) is 16.0 Å². The number of ketones is 1. The van der Waals surface area contributed by atoms with Gasteiger partial charge in [0.25, 0.3) is 11.7 Å². The normalized spacial score (nSPS) is 17.3. The fraction of sp³-hybridized carbons (Fsp3) is 0.185. The van der Waals surface area contributed by atoms with E-state index in [0.717, 1.165) is 11.1 Å². The molecule has 3 aromatic carbocycles. The summed E-state index contributed by atoms with van der Waals surface area (Å²) in [5, 5.41) is 21.5. The highest BCUT2D eigenvalue weighted by Gasteiger charge is 2.46. The minimum absolute atomic E-state index is 0.00144. The van der Waals surface area contributed by atoms with Gasteiger partial charge in [-0.25, -0.2) is 0 Å². The fourth-order valence-electron chi connectivity index (χ4n) is 4.13. The second-order valence-corrected chi connectivity index (χ2v) is 9.00. The van der Waals surface area contributed by atoms with Crippen molar-refractivity contribution in [1.82, 2.24) is 4.90 Å². The van der Waals surface area contributed by atoms with Gasteiger partial charge < -0.3 is 19.8 Å². The van der Waals surface area contributed by atoms with E-state index in [1.165, 1.54) is 12.0 Å². The summed E-state index contributed by atoms with van der Waals surface area (Å²) in [7, 11) is 1.42. The Hall–Kier alpha value is -3.58. The highest BCUT2D eigenvalue weighted by molar-refractivity contribution is 9.10. The van der Waals surface area contributed by atoms with E-state index in [1.807, 2.05) is 49.4 Å². The number of amides is 1. The first-order chi connectivity index (χ1) is 16.3. The number of rotatable bonds is 6. The topological polar surface area (TPSA) is 87.1 Å². The first-order valence-electron chi connectivity index (χ1n) is 10.8. The zero-order chi connectivity index (χ0) is 24.4. The second-order valence-electron chi connectivity index (χ2n) is 8.15. The van der Waals surface area contributed by atoms with Crippen molar-refractivity contribution < 1.29 is 24.5 Å². The predicted octanol–water partition coefficient (Wildman–Crippen LogP) is 5.14. The number of ether oxygens (including phenoxy) is 1. The van der Waals surface area contributed by atoms with Crippen molar-refractivity contribution in [2.24, 2.45) is 0 Å². The van der Waals surface area contributed by atoms with Gasteiger partial charge >= 0.3 is 0 Å². The van der Waals surface area contributed by atoms with Crippen molar-refractivity contribution in [1.29, 1.82) is 0 Å². The minimum Gasteiger partial charge on any atom is -0.507 e. The molecule has 3 aromatic rings. The monoisotopic (exact) mass is 521 g/mol. The first kappa shape index (κ1) is 23.6. The van der Waals surface area contributed by atoms with E-state index in [4.69, 9.17) is 4.74 Å². The van der Waals surface area contributed by atoms with Crippen LogP contribution in [0.25, 0.3) is 5.76 Å². The number of aromatic hydroxyl groups is 1. The molecular formula is C27H24BrNO5. The summed E-state index contributed by atoms with van der Waals surface area (Å²) in [5.74, 6) is -1.58. The number of aryl methyl sites for hydroxylation is 1. The molecule has 1 aliphatic rings. The summed E-state index contributed by atoms with van der Waals surface area (Å²) in [5.41, 5.74) is 3.00. The van der Waals surface area contributed by atoms with Crippen LogP contribution in [0.15, 0.2) is 76.8 Å². The molecule has 1 saturated heterocycles. The maximum Gasteiger partial charge on any atom is 0.295 e. The molecular weight excluding hydrogens is 498 g/mol. The Morgan fingerprint density at radius 1 is 1.06 bits per heavy atom. The third kappa shape index (κ3) is 4.43. The molecule has 34 heavy (non-hydrogen) atoms. The average Bonchev–Trinajstić information content (AvgIpc) is 3.10. The third-order valence-corrected chi connectivity index (χ3v) is 6.54. The molecule has 6 nitrogen and oxygen atoms in total. The number of hydrogen-bond acceptors (Lipinski definition) is 5. The lowest BCUT2D eigenvalue weighted by Crippen LogP contribution is -2.31. The van der Waals surface area contributed by atoms with Crippen LogP contribution in [0.3, 0.4) is 0 Å². The van der Waals surface area contributed by atoms with Crippen molar-refractivity contribution in [3.05, 3.63) is 99.0 Å². The number of aliphatic hydroxyl groups excluding tert-OH is 1. The smallest absolute Gasteiger partial charge is 0.295 e. The van der Waals surface area contributed by atoms with E-state index in [-0.39, 0.29) is 29.4 Å². The van der Waals surface area contributed by atoms with E-state index in [2.05, 4.69) is 15.9 Å². The summed E-state index contributed by atoms with van der Waals surface area (Å²) in [6, 6.07) is 19.1. The first-order valence-corrected chi connectivity index (χ1v) is 11.6. The summed E-state index contributed by atoms with van der Waals surface area (Å²) in [4.78, 5) is 27.8. The summed E-state index contributed by atoms with van der Waals surface area (Å²) >= 11 is 3.32. The largest absolute Gasteiger partial charge is 0.507 e. The number of carbonyl (C=O) groups excluding carboxylic acids is 2. The lowest BCUT2D eigenvalue weighted by molar-refractivity contribution is -0.139. The van der Waals surface area contributed by atoms with E-state index in [1.54, 1.807) is 24.3 Å². The van der Waals surface area contributed by atoms with Gasteiger partial charge in [0.2, 0.25) is 0 Å². The van der Waals surface area contributed by atoms with Gasteiger partial charge in [-0.3, -0.25) is 9.59 Å². The number of methoxy groups -OCH3 is 1. The molecule has 1 heterocycles. The Balaban J connectivity index is 1.85. The zero-order valence-corrected chi connectivity index (χ0v) is 20.4. The number of halogens is 1. The van der Waals surface area contributed by atoms with Crippen molar-refractivity contribution in [3.8, 4) is 11.5 Å². The van der Waals surface area contributed by atoms with Gasteiger partial charge in [0.15, 0.2) is 11.5 Å². The molecule has 0 aromatic heterocycles. The lowest BCUT2D eigenvalue weighted by atomic mass is 9.94. The van der Waals surface area contributed by atoms with Gasteiger partial charge in [0, 0.05) is 12.1 Å². The molecule has 0 spiro atoms. The number of phenols is 1. The Labute approximate surface area is 206 Å². The van der Waals surface area contributed by atoms with Crippen LogP contribution in [0, 0.1) is 6.92 Å². The molecule has 7 heteroatoms. The van der Waals surface area contributed by atoms with Crippen molar-refractivity contribution in [3.63, 3.8) is 0 Å². The molecule has 0 aliphatic carbocycles. The van der Waals surface area contributed by atoms with Gasteiger partial charge in [0.1, 0.15) is 5.76 Å². The van der Waals surface area contributed by atoms with Crippen LogP contribution in [-0.4, -0.2) is 40.5 Å². The van der Waals surface area contributed by atoms with Crippen LogP contribution in [0.5, 0.6) is 11.5 Å². The van der Waals surface area contributed by atoms with Crippen LogP contribution >= 0.6 is 15.9 Å². The van der Waals surface area contributed by atoms with Crippen LogP contribution in [0.1, 0.15) is 28.3 Å². The number of benzene rings is 3. The molecule has 0 radical (unpaired) electrons. The number of Topliss-reactive ketones (excluding diaryl/α,β-unsaturated/α-hetero) is 1. The number of phenolic OH excluding ortho intramolecular Hbond substituents is 1. The van der Waals surface area contributed by atoms with Gasteiger partial charge in [-0.15, -0.1) is 0 Å². The molecule has 1 atom stereocenters. The Kier molecular flexibility index (Phi) is 6.75. The highest BCUT2D eigenvalue weighted by Crippen LogP contribution is 2.44. The summed E-state index contributed by atoms with van der Waals surface area (Å²) in [6.07, 6.45) is 0.533. The van der Waals surface area contributed by atoms with E-state index >= 15 is 0 Å². The summed E-state index contributed by atoms with van der Waals surface area (Å²) in [6.45, 7) is 2.19. The molecule has 0 saturated carbocycles. The van der Waals surface area contributed by atoms with Gasteiger partial charge in [0.05, 0.1) is 23.2 Å². The van der Waals surface area contributed by atoms with Crippen molar-refractivity contribution in [2.75, 3.05) is 13.7 Å². The average molecular weight is 522 g/mol. The molecule has 174 valence electrons. The van der Waals surface area contributed by atoms with E-state index in [9.17, 15) is 19.8 Å². The number of nitrogens with zero attached hydrogens (tertiary/aromatic N) is 1. The van der Waals surface area contributed by atoms with Crippen LogP contribution < -0.4 is 4.74 Å². The Morgan fingerprint density at radius 3 is 2.38 bits per heavy atom. The molecule has 1 unspecified atom stereocenters. The van der Waals surface area contributed by atoms with Gasteiger partial charge in [-0.1, -0.05) is 60.2 Å². The highest BCUT2D eigenvalue weighted by atomic mass is 79.9. The quantitative estimate of drug-likeness (QED) is 0.266. The molecule has 1 fully saturated rings. The van der Waals surface area contributed by atoms with Crippen LogP contribution in [0.2, 0.25) is 0 Å². The maximum absolute atomic E-state index is 13.2. The second kappa shape index (κ2) is 9.73. The van der Waals surface area contributed by atoms with Crippen LogP contribution in [0.4, 0.5) is 0 Å². The van der Waals surface area contributed by atoms with Gasteiger partial charge in [-0.2, -0.15) is 0 Å². The Bertz CT molecular complexity index is 1270. The third-order valence-electron chi connectivity index (χ3n) is 5.94. The Morgan fingerprint density at radius 2 is 1.74 bits per heavy atom. The fourth-order valence-corrected chi connectivity index (χ4v) is 4.59. The maximum atomic E-state index is 13.2. The molecule has 4 rings (SSSR count). The molecule has 0 bridgehead atoms. The van der Waals surface area contributed by atoms with E-state index < -0.39 is 17.7 Å². The summed E-state index contributed by atoms with van der Waals surface area (Å²) < 4.78 is 5.64. The zero-order valence-electron chi connectivity index (χ0n) is 18.8. The van der Waals surface area contributed by atoms with Crippen molar-refractivity contribution >= 4 is 33.4 Å². The van der Waals surface area contributed by atoms with E-state index in [0.29, 0.717) is 22.0 Å². The van der Waals surface area contributed by atoms with Gasteiger partial charge in [-0.05, 0) is 52.5 Å². The SMILES string of the molecule is COc1cc(C2/C(=C(\O)c3ccc(C)cc3)C(=O)C(=O)N2CCc2ccccc2)cc(Br)c1O. The van der Waals surface area contributed by atoms with Crippen molar-refractivity contribution in [2.45, 2.75) is 19.4 Å². The molecule has 1 aliphatic heterocycles.